The van der Waals surface area contributed by atoms with Crippen LogP contribution in [0.1, 0.15) is 11.1 Å². The van der Waals surface area contributed by atoms with Gasteiger partial charge in [0.2, 0.25) is 5.91 Å². The highest BCUT2D eigenvalue weighted by Gasteiger charge is 2.12. The highest BCUT2D eigenvalue weighted by Crippen LogP contribution is 2.20. The molecule has 0 aliphatic heterocycles. The molecule has 0 aliphatic rings. The Morgan fingerprint density at radius 2 is 2.05 bits per heavy atom. The average Bonchev–Trinajstić information content (AvgIpc) is 2.85. The predicted octanol–water partition coefficient (Wildman–Crippen LogP) is 3.00. The van der Waals surface area contributed by atoms with Gasteiger partial charge in [0.05, 0.1) is 0 Å². The second-order valence-corrected chi connectivity index (χ2v) is 5.57. The number of pyridine rings is 1. The zero-order chi connectivity index (χ0) is 15.5. The molecule has 22 heavy (non-hydrogen) atoms. The van der Waals surface area contributed by atoms with Crippen molar-refractivity contribution in [3.63, 3.8) is 0 Å². The van der Waals surface area contributed by atoms with Crippen LogP contribution in [-0.4, -0.2) is 27.4 Å². The zero-order valence-electron chi connectivity index (χ0n) is 12.9. The van der Waals surface area contributed by atoms with E-state index in [4.69, 9.17) is 0 Å². The summed E-state index contributed by atoms with van der Waals surface area (Å²) in [5.41, 5.74) is 3.33. The van der Waals surface area contributed by atoms with Crippen molar-refractivity contribution in [1.82, 2.24) is 14.5 Å². The SMILES string of the molecule is Cc1cn(CC(=O)N(C)Cc2cccnc2)c2ccccc12. The normalized spacial score (nSPS) is 10.8. The summed E-state index contributed by atoms with van der Waals surface area (Å²) in [6.07, 6.45) is 5.57. The predicted molar refractivity (Wildman–Crippen MR) is 87.4 cm³/mol. The Bertz CT molecular complexity index is 792. The van der Waals surface area contributed by atoms with Crippen LogP contribution in [0.5, 0.6) is 0 Å². The lowest BCUT2D eigenvalue weighted by Crippen LogP contribution is -2.29. The van der Waals surface area contributed by atoms with Gasteiger partial charge < -0.3 is 9.47 Å². The van der Waals surface area contributed by atoms with Crippen molar-refractivity contribution in [3.8, 4) is 0 Å². The van der Waals surface area contributed by atoms with Gasteiger partial charge in [0.15, 0.2) is 0 Å². The Balaban J connectivity index is 1.75. The Labute approximate surface area is 130 Å². The van der Waals surface area contributed by atoms with Gasteiger partial charge in [0.1, 0.15) is 6.54 Å². The first-order valence-corrected chi connectivity index (χ1v) is 7.32. The standard InChI is InChI=1S/C18H19N3O/c1-14-11-21(17-8-4-3-7-16(14)17)13-18(22)20(2)12-15-6-5-9-19-10-15/h3-11H,12-13H2,1-2H3. The first-order chi connectivity index (χ1) is 10.6. The van der Waals surface area contributed by atoms with Crippen molar-refractivity contribution in [2.75, 3.05) is 7.05 Å². The van der Waals surface area contributed by atoms with E-state index < -0.39 is 0 Å². The summed E-state index contributed by atoms with van der Waals surface area (Å²) in [4.78, 5) is 18.3. The molecule has 0 bridgehead atoms. The smallest absolute Gasteiger partial charge is 0.242 e. The molecule has 0 radical (unpaired) electrons. The minimum absolute atomic E-state index is 0.0876. The van der Waals surface area contributed by atoms with E-state index in [1.165, 1.54) is 10.9 Å². The Morgan fingerprint density at radius 3 is 2.82 bits per heavy atom. The fourth-order valence-electron chi connectivity index (χ4n) is 2.68. The molecule has 3 aromatic rings. The third-order valence-electron chi connectivity index (χ3n) is 3.86. The molecule has 0 aliphatic carbocycles. The lowest BCUT2D eigenvalue weighted by molar-refractivity contribution is -0.131. The van der Waals surface area contributed by atoms with Gasteiger partial charge >= 0.3 is 0 Å². The number of rotatable bonds is 4. The molecule has 2 aromatic heterocycles. The second-order valence-electron chi connectivity index (χ2n) is 5.57. The van der Waals surface area contributed by atoms with E-state index in [1.54, 1.807) is 17.3 Å². The maximum Gasteiger partial charge on any atom is 0.242 e. The van der Waals surface area contributed by atoms with Crippen LogP contribution in [0.2, 0.25) is 0 Å². The van der Waals surface area contributed by atoms with E-state index in [0.717, 1.165) is 11.1 Å². The van der Waals surface area contributed by atoms with E-state index in [-0.39, 0.29) is 5.91 Å². The molecule has 0 atom stereocenters. The number of benzene rings is 1. The van der Waals surface area contributed by atoms with Crippen molar-refractivity contribution in [2.45, 2.75) is 20.0 Å². The molecular formula is C18H19N3O. The minimum atomic E-state index is 0.0876. The van der Waals surface area contributed by atoms with Crippen LogP contribution < -0.4 is 0 Å². The molecule has 1 aromatic carbocycles. The third kappa shape index (κ3) is 2.86. The van der Waals surface area contributed by atoms with Crippen LogP contribution in [0, 0.1) is 6.92 Å². The molecule has 112 valence electrons. The number of aromatic nitrogens is 2. The summed E-state index contributed by atoms with van der Waals surface area (Å²) in [6.45, 7) is 3.00. The first kappa shape index (κ1) is 14.3. The van der Waals surface area contributed by atoms with E-state index in [2.05, 4.69) is 24.0 Å². The summed E-state index contributed by atoms with van der Waals surface area (Å²) in [5, 5.41) is 1.20. The van der Waals surface area contributed by atoms with Crippen LogP contribution >= 0.6 is 0 Å². The van der Waals surface area contributed by atoms with Crippen LogP contribution in [0.4, 0.5) is 0 Å². The monoisotopic (exact) mass is 293 g/mol. The molecule has 4 nitrogen and oxygen atoms in total. The maximum atomic E-state index is 12.5. The highest BCUT2D eigenvalue weighted by molar-refractivity contribution is 5.85. The van der Waals surface area contributed by atoms with Crippen LogP contribution in [0.3, 0.4) is 0 Å². The zero-order valence-corrected chi connectivity index (χ0v) is 12.9. The summed E-state index contributed by atoms with van der Waals surface area (Å²) in [7, 11) is 1.83. The molecule has 2 heterocycles. The fraction of sp³-hybridized carbons (Fsp3) is 0.222. The van der Waals surface area contributed by atoms with Crippen LogP contribution in [0.15, 0.2) is 55.0 Å². The van der Waals surface area contributed by atoms with Gasteiger partial charge in [-0.3, -0.25) is 9.78 Å². The lowest BCUT2D eigenvalue weighted by Gasteiger charge is -2.17. The van der Waals surface area contributed by atoms with Crippen LogP contribution in [0.25, 0.3) is 10.9 Å². The third-order valence-corrected chi connectivity index (χ3v) is 3.86. The Morgan fingerprint density at radius 1 is 1.23 bits per heavy atom. The van der Waals surface area contributed by atoms with Gasteiger partial charge in [-0.2, -0.15) is 0 Å². The molecule has 0 saturated carbocycles. The molecule has 4 heteroatoms. The highest BCUT2D eigenvalue weighted by atomic mass is 16.2. The summed E-state index contributed by atoms with van der Waals surface area (Å²) >= 11 is 0. The molecule has 0 fully saturated rings. The summed E-state index contributed by atoms with van der Waals surface area (Å²) in [5.74, 6) is 0.0876. The number of aryl methyl sites for hydroxylation is 1. The fourth-order valence-corrected chi connectivity index (χ4v) is 2.68. The molecule has 3 rings (SSSR count). The molecule has 0 spiro atoms. The van der Waals surface area contributed by atoms with Crippen molar-refractivity contribution >= 4 is 16.8 Å². The number of fused-ring (bicyclic) bond motifs is 1. The number of para-hydroxylation sites is 1. The minimum Gasteiger partial charge on any atom is -0.340 e. The van der Waals surface area contributed by atoms with Crippen molar-refractivity contribution in [1.29, 1.82) is 0 Å². The van der Waals surface area contributed by atoms with Crippen molar-refractivity contribution < 1.29 is 4.79 Å². The topological polar surface area (TPSA) is 38.1 Å². The number of likely N-dealkylation sites (N-methyl/N-ethyl adjacent to an activating group) is 1. The molecule has 0 saturated heterocycles. The first-order valence-electron chi connectivity index (χ1n) is 7.32. The number of carbonyl (C=O) groups is 1. The number of hydrogen-bond donors (Lipinski definition) is 0. The van der Waals surface area contributed by atoms with Gasteiger partial charge in [-0.1, -0.05) is 24.3 Å². The second kappa shape index (κ2) is 6.02. The Hall–Kier alpha value is -2.62. The van der Waals surface area contributed by atoms with Gasteiger partial charge in [-0.25, -0.2) is 0 Å². The number of amides is 1. The summed E-state index contributed by atoms with van der Waals surface area (Å²) in [6, 6.07) is 12.0. The lowest BCUT2D eigenvalue weighted by atomic mass is 10.2. The maximum absolute atomic E-state index is 12.5. The van der Waals surface area contributed by atoms with Gasteiger partial charge in [0, 0.05) is 43.1 Å². The number of hydrogen-bond acceptors (Lipinski definition) is 2. The van der Waals surface area contributed by atoms with Crippen LogP contribution in [-0.2, 0) is 17.9 Å². The molecule has 0 N–H and O–H groups in total. The molecule has 0 unspecified atom stereocenters. The molecule has 1 amide bonds. The van der Waals surface area contributed by atoms with Crippen molar-refractivity contribution in [3.05, 3.63) is 66.1 Å². The molecular weight excluding hydrogens is 274 g/mol. The van der Waals surface area contributed by atoms with E-state index in [1.807, 2.05) is 42.1 Å². The number of nitrogens with zero attached hydrogens (tertiary/aromatic N) is 3. The van der Waals surface area contributed by atoms with Crippen molar-refractivity contribution in [2.24, 2.45) is 0 Å². The van der Waals surface area contributed by atoms with E-state index in [9.17, 15) is 4.79 Å². The summed E-state index contributed by atoms with van der Waals surface area (Å²) < 4.78 is 2.02. The largest absolute Gasteiger partial charge is 0.340 e. The van der Waals surface area contributed by atoms with Gasteiger partial charge in [-0.15, -0.1) is 0 Å². The van der Waals surface area contributed by atoms with Gasteiger partial charge in [0.25, 0.3) is 0 Å². The van der Waals surface area contributed by atoms with E-state index >= 15 is 0 Å². The average molecular weight is 293 g/mol. The Kier molecular flexibility index (Phi) is 3.92. The van der Waals surface area contributed by atoms with Gasteiger partial charge in [-0.05, 0) is 30.2 Å². The van der Waals surface area contributed by atoms with E-state index in [0.29, 0.717) is 13.1 Å². The quantitative estimate of drug-likeness (QED) is 0.741. The number of carbonyl (C=O) groups excluding carboxylic acids is 1.